The zero-order valence-corrected chi connectivity index (χ0v) is 20.5. The van der Waals surface area contributed by atoms with Crippen molar-refractivity contribution in [1.82, 2.24) is 5.32 Å². The van der Waals surface area contributed by atoms with Crippen molar-refractivity contribution in [1.29, 1.82) is 0 Å². The molecule has 0 saturated carbocycles. The summed E-state index contributed by atoms with van der Waals surface area (Å²) < 4.78 is 11.5. The van der Waals surface area contributed by atoms with Crippen LogP contribution in [-0.4, -0.2) is 24.2 Å². The summed E-state index contributed by atoms with van der Waals surface area (Å²) >= 11 is 5.31. The molecule has 2 aromatic rings. The normalized spacial score (nSPS) is 10.9. The standard InChI is InChI=1S/C26H34N2O3S/c1-18(2)17-31-22-12-10-21(11-13-22)27-25(32)28-24(29)26(5,6)14-7-15-30-23-16-19(3)8-9-20(23)4/h8-13,16H,1,7,14-15,17H2,2-6H3,(H2,27,28,29,32). The van der Waals surface area contributed by atoms with Gasteiger partial charge in [-0.1, -0.05) is 32.6 Å². The minimum Gasteiger partial charge on any atom is -0.493 e. The molecule has 2 rings (SSSR count). The highest BCUT2D eigenvalue weighted by atomic mass is 32.1. The van der Waals surface area contributed by atoms with Gasteiger partial charge in [0.25, 0.3) is 0 Å². The molecule has 2 aromatic carbocycles. The largest absolute Gasteiger partial charge is 0.493 e. The summed E-state index contributed by atoms with van der Waals surface area (Å²) in [5.41, 5.74) is 3.44. The van der Waals surface area contributed by atoms with Crippen LogP contribution >= 0.6 is 12.2 Å². The molecule has 32 heavy (non-hydrogen) atoms. The third-order valence-electron chi connectivity index (χ3n) is 4.99. The van der Waals surface area contributed by atoms with Crippen LogP contribution in [-0.2, 0) is 4.79 Å². The molecular weight excluding hydrogens is 420 g/mol. The summed E-state index contributed by atoms with van der Waals surface area (Å²) in [6, 6.07) is 13.5. The number of ether oxygens (including phenoxy) is 2. The molecule has 172 valence electrons. The average Bonchev–Trinajstić information content (AvgIpc) is 2.73. The molecule has 0 bridgehead atoms. The van der Waals surface area contributed by atoms with E-state index in [0.717, 1.165) is 34.7 Å². The lowest BCUT2D eigenvalue weighted by atomic mass is 9.87. The summed E-state index contributed by atoms with van der Waals surface area (Å²) in [5, 5.41) is 6.10. The molecular formula is C26H34N2O3S. The van der Waals surface area contributed by atoms with Crippen LogP contribution < -0.4 is 20.1 Å². The van der Waals surface area contributed by atoms with Crippen LogP contribution in [0.5, 0.6) is 11.5 Å². The second-order valence-corrected chi connectivity index (χ2v) is 9.19. The molecule has 0 aliphatic rings. The monoisotopic (exact) mass is 454 g/mol. The Morgan fingerprint density at radius 1 is 1.09 bits per heavy atom. The Labute approximate surface area is 197 Å². The molecule has 0 radical (unpaired) electrons. The zero-order valence-electron chi connectivity index (χ0n) is 19.7. The van der Waals surface area contributed by atoms with Gasteiger partial charge in [-0.05, 0) is 92.9 Å². The molecule has 0 heterocycles. The molecule has 0 fully saturated rings. The fraction of sp³-hybridized carbons (Fsp3) is 0.385. The summed E-state index contributed by atoms with van der Waals surface area (Å²) in [5.74, 6) is 1.52. The van der Waals surface area contributed by atoms with E-state index in [1.165, 1.54) is 5.56 Å². The lowest BCUT2D eigenvalue weighted by Crippen LogP contribution is -2.42. The molecule has 0 aromatic heterocycles. The number of hydrogen-bond acceptors (Lipinski definition) is 4. The van der Waals surface area contributed by atoms with E-state index in [9.17, 15) is 4.79 Å². The van der Waals surface area contributed by atoms with Crippen molar-refractivity contribution >= 4 is 28.9 Å². The fourth-order valence-corrected chi connectivity index (χ4v) is 3.16. The molecule has 1 amide bonds. The quantitative estimate of drug-likeness (QED) is 0.264. The Hall–Kier alpha value is -2.86. The number of thiocarbonyl (C=S) groups is 1. The van der Waals surface area contributed by atoms with E-state index in [2.05, 4.69) is 29.3 Å². The fourth-order valence-electron chi connectivity index (χ4n) is 2.95. The third kappa shape index (κ3) is 8.35. The maximum Gasteiger partial charge on any atom is 0.231 e. The van der Waals surface area contributed by atoms with Crippen molar-refractivity contribution < 1.29 is 14.3 Å². The maximum atomic E-state index is 12.7. The first-order chi connectivity index (χ1) is 15.1. The van der Waals surface area contributed by atoms with Gasteiger partial charge in [-0.3, -0.25) is 4.79 Å². The number of anilines is 1. The Bertz CT molecular complexity index is 952. The summed E-state index contributed by atoms with van der Waals surface area (Å²) in [6.07, 6.45) is 1.45. The highest BCUT2D eigenvalue weighted by Gasteiger charge is 2.27. The van der Waals surface area contributed by atoms with Gasteiger partial charge < -0.3 is 20.1 Å². The highest BCUT2D eigenvalue weighted by molar-refractivity contribution is 7.80. The number of hydrogen-bond donors (Lipinski definition) is 2. The van der Waals surface area contributed by atoms with E-state index in [1.54, 1.807) is 0 Å². The zero-order chi connectivity index (χ0) is 23.7. The van der Waals surface area contributed by atoms with Crippen LogP contribution in [0.3, 0.4) is 0 Å². The van der Waals surface area contributed by atoms with Gasteiger partial charge in [0.05, 0.1) is 6.61 Å². The number of amides is 1. The first-order valence-corrected chi connectivity index (χ1v) is 11.2. The van der Waals surface area contributed by atoms with E-state index < -0.39 is 5.41 Å². The van der Waals surface area contributed by atoms with E-state index in [-0.39, 0.29) is 11.0 Å². The Morgan fingerprint density at radius 3 is 2.44 bits per heavy atom. The summed E-state index contributed by atoms with van der Waals surface area (Å²) in [4.78, 5) is 12.7. The second kappa shape index (κ2) is 11.7. The van der Waals surface area contributed by atoms with Gasteiger partial charge in [0.2, 0.25) is 5.91 Å². The molecule has 2 N–H and O–H groups in total. The van der Waals surface area contributed by atoms with Crippen LogP contribution in [0.2, 0.25) is 0 Å². The number of rotatable bonds is 10. The highest BCUT2D eigenvalue weighted by Crippen LogP contribution is 2.24. The van der Waals surface area contributed by atoms with Crippen LogP contribution in [0.15, 0.2) is 54.6 Å². The average molecular weight is 455 g/mol. The maximum absolute atomic E-state index is 12.7. The number of carbonyl (C=O) groups excluding carboxylic acids is 1. The SMILES string of the molecule is C=C(C)COc1ccc(NC(=S)NC(=O)C(C)(C)CCCOc2cc(C)ccc2C)cc1. The molecule has 0 atom stereocenters. The second-order valence-electron chi connectivity index (χ2n) is 8.78. The summed E-state index contributed by atoms with van der Waals surface area (Å²) in [7, 11) is 0. The van der Waals surface area contributed by atoms with Crippen LogP contribution in [0.4, 0.5) is 5.69 Å². The summed E-state index contributed by atoms with van der Waals surface area (Å²) in [6.45, 7) is 14.7. The van der Waals surface area contributed by atoms with Crippen LogP contribution in [0.25, 0.3) is 0 Å². The van der Waals surface area contributed by atoms with Gasteiger partial charge in [-0.2, -0.15) is 0 Å². The van der Waals surface area contributed by atoms with Crippen molar-refractivity contribution in [3.8, 4) is 11.5 Å². The Morgan fingerprint density at radius 2 is 1.78 bits per heavy atom. The van der Waals surface area contributed by atoms with Gasteiger partial charge in [0, 0.05) is 11.1 Å². The van der Waals surface area contributed by atoms with E-state index in [1.807, 2.05) is 65.0 Å². The molecule has 0 aliphatic heterocycles. The van der Waals surface area contributed by atoms with Crippen molar-refractivity contribution in [2.45, 2.75) is 47.5 Å². The number of aryl methyl sites for hydroxylation is 2. The molecule has 0 saturated heterocycles. The molecule has 5 nitrogen and oxygen atoms in total. The van der Waals surface area contributed by atoms with E-state index in [0.29, 0.717) is 19.6 Å². The molecule has 0 aliphatic carbocycles. The van der Waals surface area contributed by atoms with Gasteiger partial charge in [0.15, 0.2) is 5.11 Å². The van der Waals surface area contributed by atoms with E-state index >= 15 is 0 Å². The van der Waals surface area contributed by atoms with Gasteiger partial charge >= 0.3 is 0 Å². The minimum atomic E-state index is -0.572. The van der Waals surface area contributed by atoms with Gasteiger partial charge in [0.1, 0.15) is 18.1 Å². The molecule has 6 heteroatoms. The minimum absolute atomic E-state index is 0.122. The van der Waals surface area contributed by atoms with Crippen molar-refractivity contribution in [2.24, 2.45) is 5.41 Å². The van der Waals surface area contributed by atoms with Crippen molar-refractivity contribution in [2.75, 3.05) is 18.5 Å². The topological polar surface area (TPSA) is 59.6 Å². The number of nitrogens with one attached hydrogen (secondary N) is 2. The number of benzene rings is 2. The van der Waals surface area contributed by atoms with Gasteiger partial charge in [-0.25, -0.2) is 0 Å². The van der Waals surface area contributed by atoms with Gasteiger partial charge in [-0.15, -0.1) is 0 Å². The first kappa shape index (κ1) is 25.4. The molecule has 0 unspecified atom stereocenters. The number of carbonyl (C=O) groups is 1. The van der Waals surface area contributed by atoms with Crippen molar-refractivity contribution in [3.05, 3.63) is 65.7 Å². The smallest absolute Gasteiger partial charge is 0.231 e. The Kier molecular flexibility index (Phi) is 9.27. The van der Waals surface area contributed by atoms with Crippen LogP contribution in [0.1, 0.15) is 44.7 Å². The van der Waals surface area contributed by atoms with Crippen LogP contribution in [0, 0.1) is 19.3 Å². The van der Waals surface area contributed by atoms with E-state index in [4.69, 9.17) is 21.7 Å². The first-order valence-electron chi connectivity index (χ1n) is 10.8. The lowest BCUT2D eigenvalue weighted by molar-refractivity contribution is -0.128. The predicted molar refractivity (Wildman–Crippen MR) is 136 cm³/mol. The lowest BCUT2D eigenvalue weighted by Gasteiger charge is -2.24. The Balaban J connectivity index is 1.77. The molecule has 0 spiro atoms. The third-order valence-corrected chi connectivity index (χ3v) is 5.19. The predicted octanol–water partition coefficient (Wildman–Crippen LogP) is 5.96. The van der Waals surface area contributed by atoms with Crippen molar-refractivity contribution in [3.63, 3.8) is 0 Å².